The molecule has 0 aliphatic heterocycles. The molecule has 0 aromatic heterocycles. The van der Waals surface area contributed by atoms with Crippen LogP contribution in [0.2, 0.25) is 0 Å². The fraction of sp³-hybridized carbons (Fsp3) is 0.176. The van der Waals surface area contributed by atoms with E-state index in [0.29, 0.717) is 22.9 Å². The summed E-state index contributed by atoms with van der Waals surface area (Å²) in [6.07, 6.45) is 0. The molecule has 0 spiro atoms. The Morgan fingerprint density at radius 1 is 1.00 bits per heavy atom. The lowest BCUT2D eigenvalue weighted by atomic mass is 10.2. The average molecular weight is 393 g/mol. The zero-order chi connectivity index (χ0) is 19.2. The van der Waals surface area contributed by atoms with Gasteiger partial charge >= 0.3 is 0 Å². The molecule has 4 N–H and O–H groups in total. The lowest BCUT2D eigenvalue weighted by molar-refractivity contribution is 0.0943. The maximum absolute atomic E-state index is 12.4. The van der Waals surface area contributed by atoms with Crippen molar-refractivity contribution in [2.24, 2.45) is 0 Å². The van der Waals surface area contributed by atoms with Gasteiger partial charge in [-0.1, -0.05) is 17.7 Å². The van der Waals surface area contributed by atoms with Crippen LogP contribution < -0.4 is 20.9 Å². The van der Waals surface area contributed by atoms with E-state index < -0.39 is 15.9 Å². The van der Waals surface area contributed by atoms with E-state index in [1.54, 1.807) is 12.1 Å². The Balaban J connectivity index is 2.04. The van der Waals surface area contributed by atoms with Crippen molar-refractivity contribution in [3.63, 3.8) is 0 Å². The van der Waals surface area contributed by atoms with E-state index in [1.807, 2.05) is 26.0 Å². The second kappa shape index (κ2) is 8.63. The Kier molecular flexibility index (Phi) is 6.53. The van der Waals surface area contributed by atoms with Crippen molar-refractivity contribution in [2.45, 2.75) is 18.7 Å². The number of rotatable bonds is 5. The monoisotopic (exact) mass is 392 g/mol. The molecule has 26 heavy (non-hydrogen) atoms. The third kappa shape index (κ3) is 5.43. The van der Waals surface area contributed by atoms with Crippen LogP contribution in [0.5, 0.6) is 0 Å². The first-order chi connectivity index (χ1) is 12.3. The minimum Gasteiger partial charge on any atom is -0.362 e. The Labute approximate surface area is 158 Å². The summed E-state index contributed by atoms with van der Waals surface area (Å²) in [5.74, 6) is -0.430. The summed E-state index contributed by atoms with van der Waals surface area (Å²) < 4.78 is 27.3. The number of carbonyl (C=O) groups is 1. The van der Waals surface area contributed by atoms with Crippen LogP contribution >= 0.6 is 12.2 Å². The number of hydrogen-bond acceptors (Lipinski definition) is 4. The maximum Gasteiger partial charge on any atom is 0.269 e. The van der Waals surface area contributed by atoms with Crippen molar-refractivity contribution in [1.29, 1.82) is 0 Å². The molecule has 0 aliphatic rings. The molecule has 0 radical (unpaired) electrons. The Bertz CT molecular complexity index is 879. The quantitative estimate of drug-likeness (QED) is 0.458. The van der Waals surface area contributed by atoms with Crippen molar-refractivity contribution >= 4 is 38.9 Å². The van der Waals surface area contributed by atoms with Gasteiger partial charge in [0.05, 0.1) is 4.90 Å². The van der Waals surface area contributed by atoms with E-state index in [1.165, 1.54) is 24.3 Å². The molecule has 7 nitrogen and oxygen atoms in total. The minimum absolute atomic E-state index is 0.0609. The summed E-state index contributed by atoms with van der Waals surface area (Å²) in [5, 5.41) is 3.12. The van der Waals surface area contributed by atoms with Crippen molar-refractivity contribution in [3.05, 3.63) is 59.7 Å². The number of carbonyl (C=O) groups excluding carboxylic acids is 1. The van der Waals surface area contributed by atoms with Crippen LogP contribution in [0.1, 0.15) is 22.8 Å². The molecule has 0 saturated heterocycles. The zero-order valence-electron chi connectivity index (χ0n) is 14.4. The highest BCUT2D eigenvalue weighted by Gasteiger charge is 2.15. The highest BCUT2D eigenvalue weighted by atomic mass is 32.2. The second-order valence-electron chi connectivity index (χ2n) is 5.43. The van der Waals surface area contributed by atoms with Crippen molar-refractivity contribution in [1.82, 2.24) is 16.2 Å². The van der Waals surface area contributed by atoms with Gasteiger partial charge < -0.3 is 5.32 Å². The summed E-state index contributed by atoms with van der Waals surface area (Å²) in [4.78, 5) is 12.1. The lowest BCUT2D eigenvalue weighted by Crippen LogP contribution is -2.46. The minimum atomic E-state index is -3.73. The molecular weight excluding hydrogens is 372 g/mol. The molecule has 138 valence electrons. The van der Waals surface area contributed by atoms with E-state index in [-0.39, 0.29) is 4.90 Å². The Morgan fingerprint density at radius 2 is 1.62 bits per heavy atom. The van der Waals surface area contributed by atoms with Gasteiger partial charge in [-0.2, -0.15) is 0 Å². The molecule has 0 heterocycles. The van der Waals surface area contributed by atoms with Gasteiger partial charge in [-0.25, -0.2) is 8.42 Å². The van der Waals surface area contributed by atoms with Gasteiger partial charge in [0, 0.05) is 17.8 Å². The number of sulfonamides is 1. The van der Waals surface area contributed by atoms with Crippen LogP contribution in [-0.2, 0) is 10.0 Å². The molecule has 9 heteroatoms. The Hall–Kier alpha value is -2.65. The first-order valence-electron chi connectivity index (χ1n) is 7.85. The largest absolute Gasteiger partial charge is 0.362 e. The van der Waals surface area contributed by atoms with Crippen molar-refractivity contribution < 1.29 is 13.2 Å². The SMILES string of the molecule is CCNC(=S)NNC(=O)c1ccc(S(=O)(=O)Nc2ccc(C)cc2)cc1. The van der Waals surface area contributed by atoms with Crippen LogP contribution in [0.4, 0.5) is 5.69 Å². The van der Waals surface area contributed by atoms with Gasteiger partial charge in [0.25, 0.3) is 15.9 Å². The third-order valence-electron chi connectivity index (χ3n) is 3.36. The molecule has 2 aromatic rings. The molecule has 0 fully saturated rings. The molecule has 2 rings (SSSR count). The number of thiocarbonyl (C=S) groups is 1. The summed E-state index contributed by atoms with van der Waals surface area (Å²) in [6.45, 7) is 4.42. The lowest BCUT2D eigenvalue weighted by Gasteiger charge is -2.11. The normalized spacial score (nSPS) is 10.7. The molecule has 1 amide bonds. The first-order valence-corrected chi connectivity index (χ1v) is 9.74. The number of anilines is 1. The highest BCUT2D eigenvalue weighted by Crippen LogP contribution is 2.17. The Morgan fingerprint density at radius 3 is 2.19 bits per heavy atom. The van der Waals surface area contributed by atoms with E-state index in [0.717, 1.165) is 5.56 Å². The van der Waals surface area contributed by atoms with Crippen molar-refractivity contribution in [2.75, 3.05) is 11.3 Å². The summed E-state index contributed by atoms with van der Waals surface area (Å²) in [7, 11) is -3.73. The number of amides is 1. The number of benzene rings is 2. The fourth-order valence-electron chi connectivity index (χ4n) is 2.01. The fourth-order valence-corrected chi connectivity index (χ4v) is 3.27. The van der Waals surface area contributed by atoms with Crippen LogP contribution in [0.15, 0.2) is 53.4 Å². The molecule has 0 saturated carbocycles. The number of hydrazine groups is 1. The van der Waals surface area contributed by atoms with E-state index >= 15 is 0 Å². The van der Waals surface area contributed by atoms with Crippen LogP contribution in [0.25, 0.3) is 0 Å². The molecule has 0 unspecified atom stereocenters. The third-order valence-corrected chi connectivity index (χ3v) is 5.00. The zero-order valence-corrected chi connectivity index (χ0v) is 16.0. The predicted molar refractivity (Wildman–Crippen MR) is 105 cm³/mol. The van der Waals surface area contributed by atoms with Gasteiger partial charge in [0.15, 0.2) is 5.11 Å². The predicted octanol–water partition coefficient (Wildman–Crippen LogP) is 1.92. The van der Waals surface area contributed by atoms with Gasteiger partial charge in [-0.05, 0) is 62.5 Å². The maximum atomic E-state index is 12.4. The summed E-state index contributed by atoms with van der Waals surface area (Å²) in [6, 6.07) is 12.6. The van der Waals surface area contributed by atoms with Crippen LogP contribution in [0.3, 0.4) is 0 Å². The van der Waals surface area contributed by atoms with E-state index in [9.17, 15) is 13.2 Å². The van der Waals surface area contributed by atoms with Gasteiger partial charge in [0.1, 0.15) is 0 Å². The van der Waals surface area contributed by atoms with Crippen molar-refractivity contribution in [3.8, 4) is 0 Å². The van der Waals surface area contributed by atoms with Gasteiger partial charge in [-0.3, -0.25) is 20.4 Å². The molecule has 0 bridgehead atoms. The van der Waals surface area contributed by atoms with E-state index in [4.69, 9.17) is 12.2 Å². The second-order valence-corrected chi connectivity index (χ2v) is 7.53. The highest BCUT2D eigenvalue weighted by molar-refractivity contribution is 7.92. The number of aryl methyl sites for hydroxylation is 1. The summed E-state index contributed by atoms with van der Waals surface area (Å²) in [5.41, 5.74) is 6.78. The summed E-state index contributed by atoms with van der Waals surface area (Å²) >= 11 is 4.94. The smallest absolute Gasteiger partial charge is 0.269 e. The van der Waals surface area contributed by atoms with Crippen LogP contribution in [0, 0.1) is 6.92 Å². The van der Waals surface area contributed by atoms with E-state index in [2.05, 4.69) is 20.9 Å². The number of nitrogens with one attached hydrogen (secondary N) is 4. The average Bonchev–Trinajstić information content (AvgIpc) is 2.62. The number of hydrogen-bond donors (Lipinski definition) is 4. The van der Waals surface area contributed by atoms with Crippen LogP contribution in [-0.4, -0.2) is 26.0 Å². The van der Waals surface area contributed by atoms with Gasteiger partial charge in [0.2, 0.25) is 0 Å². The molecule has 2 aromatic carbocycles. The molecule has 0 atom stereocenters. The molecular formula is C17H20N4O3S2. The van der Waals surface area contributed by atoms with Gasteiger partial charge in [-0.15, -0.1) is 0 Å². The standard InChI is InChI=1S/C17H20N4O3S2/c1-3-18-17(25)20-19-16(22)13-6-10-15(11-7-13)26(23,24)21-14-8-4-12(2)5-9-14/h4-11,21H,3H2,1-2H3,(H,19,22)(H2,18,20,25). The molecule has 0 aliphatic carbocycles. The first kappa shape index (κ1) is 19.7. The topological polar surface area (TPSA) is 99.3 Å².